The van der Waals surface area contributed by atoms with E-state index in [2.05, 4.69) is 5.32 Å². The SMILES string of the molecule is COCCOc1ccc(C(F)(F)F)cc1NC(=O)COC(=O)c1ccccc1C. The Morgan fingerprint density at radius 1 is 1.07 bits per heavy atom. The number of methoxy groups -OCH3 is 1. The normalized spacial score (nSPS) is 11.1. The van der Waals surface area contributed by atoms with Gasteiger partial charge in [0.05, 0.1) is 23.4 Å². The van der Waals surface area contributed by atoms with Crippen molar-refractivity contribution in [2.24, 2.45) is 0 Å². The number of benzene rings is 2. The van der Waals surface area contributed by atoms with Gasteiger partial charge in [-0.2, -0.15) is 13.2 Å². The Morgan fingerprint density at radius 2 is 1.79 bits per heavy atom. The molecule has 156 valence electrons. The number of halogens is 3. The highest BCUT2D eigenvalue weighted by Crippen LogP contribution is 2.35. The average Bonchev–Trinajstić information content (AvgIpc) is 2.67. The molecule has 9 heteroatoms. The third kappa shape index (κ3) is 6.49. The van der Waals surface area contributed by atoms with Gasteiger partial charge in [0.25, 0.3) is 5.91 Å². The van der Waals surface area contributed by atoms with Crippen molar-refractivity contribution in [3.63, 3.8) is 0 Å². The van der Waals surface area contributed by atoms with E-state index in [1.807, 2.05) is 0 Å². The van der Waals surface area contributed by atoms with E-state index >= 15 is 0 Å². The van der Waals surface area contributed by atoms with Crippen molar-refractivity contribution in [3.8, 4) is 5.75 Å². The second-order valence-electron chi connectivity index (χ2n) is 5.99. The summed E-state index contributed by atoms with van der Waals surface area (Å²) in [6, 6.07) is 9.35. The molecule has 2 aromatic carbocycles. The minimum absolute atomic E-state index is 0.0358. The minimum atomic E-state index is -4.60. The third-order valence-electron chi connectivity index (χ3n) is 3.83. The van der Waals surface area contributed by atoms with Crippen LogP contribution >= 0.6 is 0 Å². The van der Waals surface area contributed by atoms with Gasteiger partial charge in [0.1, 0.15) is 12.4 Å². The molecule has 0 radical (unpaired) electrons. The summed E-state index contributed by atoms with van der Waals surface area (Å²) in [4.78, 5) is 24.2. The van der Waals surface area contributed by atoms with Crippen molar-refractivity contribution in [1.29, 1.82) is 0 Å². The van der Waals surface area contributed by atoms with Gasteiger partial charge in [-0.1, -0.05) is 18.2 Å². The number of amides is 1. The van der Waals surface area contributed by atoms with Crippen molar-refractivity contribution in [1.82, 2.24) is 0 Å². The smallest absolute Gasteiger partial charge is 0.416 e. The lowest BCUT2D eigenvalue weighted by molar-refractivity contribution is -0.137. The van der Waals surface area contributed by atoms with Gasteiger partial charge < -0.3 is 19.5 Å². The maximum Gasteiger partial charge on any atom is 0.416 e. The lowest BCUT2D eigenvalue weighted by atomic mass is 10.1. The van der Waals surface area contributed by atoms with Gasteiger partial charge in [0, 0.05) is 7.11 Å². The van der Waals surface area contributed by atoms with Gasteiger partial charge in [0.2, 0.25) is 0 Å². The molecule has 6 nitrogen and oxygen atoms in total. The van der Waals surface area contributed by atoms with Gasteiger partial charge in [-0.05, 0) is 36.8 Å². The van der Waals surface area contributed by atoms with E-state index in [-0.39, 0.29) is 24.7 Å². The molecule has 0 aliphatic carbocycles. The van der Waals surface area contributed by atoms with Crippen molar-refractivity contribution in [3.05, 3.63) is 59.2 Å². The molecule has 29 heavy (non-hydrogen) atoms. The molecular weight excluding hydrogens is 391 g/mol. The fourth-order valence-corrected chi connectivity index (χ4v) is 2.36. The number of carbonyl (C=O) groups is 2. The van der Waals surface area contributed by atoms with Gasteiger partial charge in [-0.25, -0.2) is 4.79 Å². The lowest BCUT2D eigenvalue weighted by Gasteiger charge is -2.15. The number of ether oxygens (including phenoxy) is 3. The Hall–Kier alpha value is -3.07. The third-order valence-corrected chi connectivity index (χ3v) is 3.83. The molecule has 0 unspecified atom stereocenters. The predicted molar refractivity (Wildman–Crippen MR) is 98.9 cm³/mol. The number of esters is 1. The van der Waals surface area contributed by atoms with E-state index in [1.165, 1.54) is 7.11 Å². The Bertz CT molecular complexity index is 867. The van der Waals surface area contributed by atoms with Crippen molar-refractivity contribution in [2.75, 3.05) is 32.2 Å². The van der Waals surface area contributed by atoms with E-state index in [0.717, 1.165) is 18.2 Å². The van der Waals surface area contributed by atoms with Crippen LogP contribution in [-0.2, 0) is 20.4 Å². The topological polar surface area (TPSA) is 73.9 Å². The molecule has 0 aromatic heterocycles. The second kappa shape index (κ2) is 9.92. The van der Waals surface area contributed by atoms with Crippen LogP contribution in [0.15, 0.2) is 42.5 Å². The van der Waals surface area contributed by atoms with E-state index in [4.69, 9.17) is 14.2 Å². The summed E-state index contributed by atoms with van der Waals surface area (Å²) in [5, 5.41) is 2.29. The number of hydrogen-bond donors (Lipinski definition) is 1. The molecule has 0 heterocycles. The quantitative estimate of drug-likeness (QED) is 0.528. The van der Waals surface area contributed by atoms with Gasteiger partial charge in [-0.15, -0.1) is 0 Å². The summed E-state index contributed by atoms with van der Waals surface area (Å²) in [6.45, 7) is 1.33. The first-order chi connectivity index (χ1) is 13.7. The lowest BCUT2D eigenvalue weighted by Crippen LogP contribution is -2.22. The summed E-state index contributed by atoms with van der Waals surface area (Å²) in [5.74, 6) is -1.48. The Balaban J connectivity index is 2.08. The molecule has 0 bridgehead atoms. The highest BCUT2D eigenvalue weighted by Gasteiger charge is 2.31. The van der Waals surface area contributed by atoms with Crippen LogP contribution in [0, 0.1) is 6.92 Å². The van der Waals surface area contributed by atoms with E-state index in [1.54, 1.807) is 31.2 Å². The van der Waals surface area contributed by atoms with Crippen LogP contribution in [0.2, 0.25) is 0 Å². The zero-order valence-electron chi connectivity index (χ0n) is 15.8. The maximum absolute atomic E-state index is 13.0. The Morgan fingerprint density at radius 3 is 2.45 bits per heavy atom. The highest BCUT2D eigenvalue weighted by molar-refractivity contribution is 5.96. The average molecular weight is 411 g/mol. The fourth-order valence-electron chi connectivity index (χ4n) is 2.36. The first-order valence-electron chi connectivity index (χ1n) is 8.58. The number of alkyl halides is 3. The van der Waals surface area contributed by atoms with Crippen LogP contribution in [0.4, 0.5) is 18.9 Å². The Kier molecular flexibility index (Phi) is 7.60. The molecule has 2 rings (SSSR count). The van der Waals surface area contributed by atoms with Gasteiger partial charge >= 0.3 is 12.1 Å². The first kappa shape index (κ1) is 22.2. The number of carbonyl (C=O) groups excluding carboxylic acids is 2. The first-order valence-corrected chi connectivity index (χ1v) is 8.58. The zero-order chi connectivity index (χ0) is 21.4. The largest absolute Gasteiger partial charge is 0.489 e. The number of nitrogens with one attached hydrogen (secondary N) is 1. The summed E-state index contributed by atoms with van der Waals surface area (Å²) in [7, 11) is 1.45. The standard InChI is InChI=1S/C20H20F3NO5/c1-13-5-3-4-6-15(13)19(26)29-12-18(25)24-16-11-14(20(21,22)23)7-8-17(16)28-10-9-27-2/h3-8,11H,9-10,12H2,1-2H3,(H,24,25). The number of hydrogen-bond acceptors (Lipinski definition) is 5. The number of anilines is 1. The maximum atomic E-state index is 13.0. The molecule has 0 saturated heterocycles. The van der Waals surface area contributed by atoms with Crippen molar-refractivity contribution in [2.45, 2.75) is 13.1 Å². The van der Waals surface area contributed by atoms with Crippen molar-refractivity contribution >= 4 is 17.6 Å². The fraction of sp³-hybridized carbons (Fsp3) is 0.300. The van der Waals surface area contributed by atoms with Crippen LogP contribution in [0.1, 0.15) is 21.5 Å². The van der Waals surface area contributed by atoms with Crippen LogP contribution in [0.25, 0.3) is 0 Å². The summed E-state index contributed by atoms with van der Waals surface area (Å²) >= 11 is 0. The van der Waals surface area contributed by atoms with Gasteiger partial charge in [-0.3, -0.25) is 4.79 Å². The molecule has 0 aliphatic rings. The zero-order valence-corrected chi connectivity index (χ0v) is 15.8. The monoisotopic (exact) mass is 411 g/mol. The van der Waals surface area contributed by atoms with Crippen LogP contribution in [0.3, 0.4) is 0 Å². The number of rotatable bonds is 8. The molecular formula is C20H20F3NO5. The van der Waals surface area contributed by atoms with Crippen LogP contribution < -0.4 is 10.1 Å². The van der Waals surface area contributed by atoms with E-state index in [0.29, 0.717) is 11.1 Å². The summed E-state index contributed by atoms with van der Waals surface area (Å²) in [5.41, 5.74) is -0.177. The van der Waals surface area contributed by atoms with Gasteiger partial charge in [0.15, 0.2) is 6.61 Å². The number of aryl methyl sites for hydroxylation is 1. The molecule has 0 fully saturated rings. The second-order valence-corrected chi connectivity index (χ2v) is 5.99. The van der Waals surface area contributed by atoms with E-state index < -0.39 is 30.2 Å². The minimum Gasteiger partial charge on any atom is -0.489 e. The molecule has 0 saturated carbocycles. The molecule has 0 aliphatic heterocycles. The van der Waals surface area contributed by atoms with E-state index in [9.17, 15) is 22.8 Å². The predicted octanol–water partition coefficient (Wildman–Crippen LogP) is 3.83. The molecule has 0 spiro atoms. The van der Waals surface area contributed by atoms with Crippen molar-refractivity contribution < 1.29 is 37.0 Å². The molecule has 2 aromatic rings. The Labute approximate surface area is 165 Å². The molecule has 0 atom stereocenters. The summed E-state index contributed by atoms with van der Waals surface area (Å²) in [6.07, 6.45) is -4.60. The summed E-state index contributed by atoms with van der Waals surface area (Å²) < 4.78 is 54.1. The van der Waals surface area contributed by atoms with Crippen LogP contribution in [-0.4, -0.2) is 38.8 Å². The highest BCUT2D eigenvalue weighted by atomic mass is 19.4. The van der Waals surface area contributed by atoms with Crippen LogP contribution in [0.5, 0.6) is 5.75 Å². The molecule has 1 amide bonds. The molecule has 1 N–H and O–H groups in total.